The molecular formula is C17H14BrClFN3O5. The summed E-state index contributed by atoms with van der Waals surface area (Å²) in [6.45, 7) is 0.358. The summed E-state index contributed by atoms with van der Waals surface area (Å²) >= 11 is 9.44. The van der Waals surface area contributed by atoms with E-state index in [9.17, 15) is 9.90 Å². The van der Waals surface area contributed by atoms with E-state index in [-0.39, 0.29) is 27.4 Å². The highest BCUT2D eigenvalue weighted by atomic mass is 79.9. The fourth-order valence-corrected chi connectivity index (χ4v) is 2.95. The van der Waals surface area contributed by atoms with Crippen LogP contribution in [0.15, 0.2) is 39.5 Å². The number of benzene rings is 2. The van der Waals surface area contributed by atoms with Crippen LogP contribution in [-0.4, -0.2) is 33.5 Å². The lowest BCUT2D eigenvalue weighted by Gasteiger charge is -2.21. The fourth-order valence-electron chi connectivity index (χ4n) is 2.23. The minimum atomic E-state index is -2.02. The molecule has 1 aromatic heterocycles. The molecule has 1 heterocycles. The Hall–Kier alpha value is -2.24. The Morgan fingerprint density at radius 3 is 2.89 bits per heavy atom. The van der Waals surface area contributed by atoms with Gasteiger partial charge in [-0.1, -0.05) is 27.5 Å². The number of aliphatic hydroxyl groups is 2. The number of hydrogen-bond acceptors (Lipinski definition) is 7. The monoisotopic (exact) mass is 473 g/mol. The summed E-state index contributed by atoms with van der Waals surface area (Å²) in [6, 6.07) is 6.13. The minimum Gasteiger partial charge on any atom is -0.443 e. The van der Waals surface area contributed by atoms with Gasteiger partial charge in [0, 0.05) is 4.47 Å². The van der Waals surface area contributed by atoms with Crippen LogP contribution >= 0.6 is 27.5 Å². The number of oxazole rings is 1. The van der Waals surface area contributed by atoms with Gasteiger partial charge in [0.25, 0.3) is 5.91 Å². The number of hydrogen-bond donors (Lipinski definition) is 4. The summed E-state index contributed by atoms with van der Waals surface area (Å²) in [5, 5.41) is 21.7. The SMILES string of the molecule is CC(O)(CO)ONC(=O)c1cc2ocnc2c(F)c1Nc1ccc(Br)cc1Cl. The first-order chi connectivity index (χ1) is 13.2. The number of anilines is 2. The van der Waals surface area contributed by atoms with E-state index in [1.807, 2.05) is 5.48 Å². The summed E-state index contributed by atoms with van der Waals surface area (Å²) in [6.07, 6.45) is 1.04. The Morgan fingerprint density at radius 1 is 1.46 bits per heavy atom. The van der Waals surface area contributed by atoms with Crippen molar-refractivity contribution in [2.45, 2.75) is 12.7 Å². The highest BCUT2D eigenvalue weighted by Gasteiger charge is 2.26. The van der Waals surface area contributed by atoms with Crippen LogP contribution in [0.4, 0.5) is 15.8 Å². The van der Waals surface area contributed by atoms with Crippen LogP contribution < -0.4 is 10.8 Å². The number of carbonyl (C=O) groups excluding carboxylic acids is 1. The molecule has 28 heavy (non-hydrogen) atoms. The second-order valence-corrected chi connectivity index (χ2v) is 7.25. The molecule has 0 aliphatic heterocycles. The Morgan fingerprint density at radius 2 is 2.21 bits per heavy atom. The number of aliphatic hydroxyl groups excluding tert-OH is 1. The number of nitrogens with zero attached hydrogens (tertiary/aromatic N) is 1. The van der Waals surface area contributed by atoms with Crippen molar-refractivity contribution in [3.05, 3.63) is 51.5 Å². The first-order valence-electron chi connectivity index (χ1n) is 7.81. The van der Waals surface area contributed by atoms with Gasteiger partial charge in [-0.2, -0.15) is 0 Å². The van der Waals surface area contributed by atoms with Crippen molar-refractivity contribution in [1.29, 1.82) is 0 Å². The van der Waals surface area contributed by atoms with E-state index in [0.717, 1.165) is 13.3 Å². The number of halogens is 3. The molecule has 2 aromatic carbocycles. The summed E-state index contributed by atoms with van der Waals surface area (Å²) in [4.78, 5) is 21.1. The zero-order valence-corrected chi connectivity index (χ0v) is 16.6. The molecule has 0 fully saturated rings. The minimum absolute atomic E-state index is 0.0315. The third kappa shape index (κ3) is 4.26. The number of carbonyl (C=O) groups is 1. The molecule has 0 aliphatic carbocycles. The summed E-state index contributed by atoms with van der Waals surface area (Å²) < 4.78 is 20.8. The Bertz CT molecular complexity index is 1040. The smallest absolute Gasteiger partial charge is 0.277 e. The van der Waals surface area contributed by atoms with Crippen LogP contribution in [0.1, 0.15) is 17.3 Å². The molecule has 11 heteroatoms. The highest BCUT2D eigenvalue weighted by Crippen LogP contribution is 2.34. The maximum atomic E-state index is 15.0. The van der Waals surface area contributed by atoms with Gasteiger partial charge in [0.1, 0.15) is 5.52 Å². The zero-order valence-electron chi connectivity index (χ0n) is 14.3. The van der Waals surface area contributed by atoms with E-state index in [1.165, 1.54) is 6.07 Å². The highest BCUT2D eigenvalue weighted by molar-refractivity contribution is 9.10. The van der Waals surface area contributed by atoms with Crippen molar-refractivity contribution in [3.8, 4) is 0 Å². The van der Waals surface area contributed by atoms with Gasteiger partial charge in [0.2, 0.25) is 5.79 Å². The lowest BCUT2D eigenvalue weighted by Crippen LogP contribution is -2.41. The molecule has 0 aliphatic rings. The van der Waals surface area contributed by atoms with Crippen molar-refractivity contribution in [2.75, 3.05) is 11.9 Å². The maximum Gasteiger partial charge on any atom is 0.277 e. The molecule has 8 nitrogen and oxygen atoms in total. The number of hydroxylamine groups is 1. The van der Waals surface area contributed by atoms with E-state index in [2.05, 4.69) is 26.2 Å². The lowest BCUT2D eigenvalue weighted by atomic mass is 10.1. The molecule has 3 rings (SSSR count). The van der Waals surface area contributed by atoms with Gasteiger partial charge in [-0.25, -0.2) is 19.7 Å². The molecule has 0 bridgehead atoms. The number of nitrogens with one attached hydrogen (secondary N) is 2. The molecule has 0 radical (unpaired) electrons. The van der Waals surface area contributed by atoms with Crippen molar-refractivity contribution in [1.82, 2.24) is 10.5 Å². The first-order valence-corrected chi connectivity index (χ1v) is 8.98. The van der Waals surface area contributed by atoms with Crippen molar-refractivity contribution in [2.24, 2.45) is 0 Å². The molecular weight excluding hydrogens is 461 g/mol. The van der Waals surface area contributed by atoms with Crippen LogP contribution in [0.3, 0.4) is 0 Å². The van der Waals surface area contributed by atoms with E-state index in [4.69, 9.17) is 26.0 Å². The molecule has 1 amide bonds. The van der Waals surface area contributed by atoms with E-state index >= 15 is 4.39 Å². The Balaban J connectivity index is 2.03. The van der Waals surface area contributed by atoms with E-state index in [1.54, 1.807) is 18.2 Å². The van der Waals surface area contributed by atoms with Crippen molar-refractivity contribution in [3.63, 3.8) is 0 Å². The average Bonchev–Trinajstić information content (AvgIpc) is 3.12. The zero-order chi connectivity index (χ0) is 20.5. The third-order valence-corrected chi connectivity index (χ3v) is 4.47. The predicted octanol–water partition coefficient (Wildman–Crippen LogP) is 3.49. The second-order valence-electron chi connectivity index (χ2n) is 5.93. The topological polar surface area (TPSA) is 117 Å². The summed E-state index contributed by atoms with van der Waals surface area (Å²) in [5.41, 5.74) is 1.82. The van der Waals surface area contributed by atoms with Crippen LogP contribution in [0, 0.1) is 5.82 Å². The predicted molar refractivity (Wildman–Crippen MR) is 103 cm³/mol. The van der Waals surface area contributed by atoms with Crippen LogP contribution in [0.5, 0.6) is 0 Å². The standard InChI is InChI=1S/C17H14BrClFN3O5/c1-17(26,6-24)28-23-16(25)9-5-12-15(21-7-27-12)13(20)14(9)22-11-3-2-8(18)4-10(11)19/h2-5,7,22,24,26H,6H2,1H3,(H,23,25). The number of fused-ring (bicyclic) bond motifs is 1. The van der Waals surface area contributed by atoms with Crippen LogP contribution in [-0.2, 0) is 4.84 Å². The molecule has 1 atom stereocenters. The van der Waals surface area contributed by atoms with Gasteiger partial charge >= 0.3 is 0 Å². The Kier molecular flexibility index (Phi) is 5.87. The van der Waals surface area contributed by atoms with E-state index in [0.29, 0.717) is 10.2 Å². The molecule has 4 N–H and O–H groups in total. The van der Waals surface area contributed by atoms with Gasteiger partial charge in [-0.15, -0.1) is 0 Å². The molecule has 148 valence electrons. The van der Waals surface area contributed by atoms with E-state index < -0.39 is 24.1 Å². The number of amides is 1. The van der Waals surface area contributed by atoms with Gasteiger partial charge in [0.15, 0.2) is 17.8 Å². The fraction of sp³-hybridized carbons (Fsp3) is 0.176. The molecule has 3 aromatic rings. The Labute approximate surface area is 171 Å². The molecule has 0 saturated carbocycles. The van der Waals surface area contributed by atoms with Gasteiger partial charge in [0.05, 0.1) is 28.6 Å². The molecule has 1 unspecified atom stereocenters. The average molecular weight is 475 g/mol. The van der Waals surface area contributed by atoms with Crippen molar-refractivity contribution >= 4 is 55.9 Å². The first kappa shape index (κ1) is 20.5. The summed E-state index contributed by atoms with van der Waals surface area (Å²) in [5.74, 6) is -3.77. The number of rotatable bonds is 6. The normalized spacial score (nSPS) is 13.4. The molecule has 0 spiro atoms. The molecule has 0 saturated heterocycles. The largest absolute Gasteiger partial charge is 0.443 e. The maximum absolute atomic E-state index is 15.0. The van der Waals surface area contributed by atoms with Crippen LogP contribution in [0.25, 0.3) is 11.1 Å². The van der Waals surface area contributed by atoms with Crippen molar-refractivity contribution < 1.29 is 28.7 Å². The summed E-state index contributed by atoms with van der Waals surface area (Å²) in [7, 11) is 0. The van der Waals surface area contributed by atoms with Gasteiger partial charge < -0.3 is 19.9 Å². The number of aromatic nitrogens is 1. The van der Waals surface area contributed by atoms with Crippen LogP contribution in [0.2, 0.25) is 5.02 Å². The third-order valence-electron chi connectivity index (χ3n) is 3.66. The lowest BCUT2D eigenvalue weighted by molar-refractivity contribution is -0.235. The van der Waals surface area contributed by atoms with Gasteiger partial charge in [-0.05, 0) is 31.2 Å². The second kappa shape index (κ2) is 8.02. The quantitative estimate of drug-likeness (QED) is 0.319. The van der Waals surface area contributed by atoms with Gasteiger partial charge in [-0.3, -0.25) is 4.79 Å².